The Hall–Kier alpha value is -1.99. The standard InChI is InChI=1S/C19H14Cl2N2O2S2/c1-11-7-8-26-19(11)12-3-2-4-13(9-12)27(24,25)23-16-6-5-14(20)17-15(21)10-22-18(16)17/h2-10,22-23H,1H3. The van der Waals surface area contributed by atoms with Crippen LogP contribution in [0.15, 0.2) is 58.9 Å². The van der Waals surface area contributed by atoms with Crippen molar-refractivity contribution in [2.45, 2.75) is 11.8 Å². The third-order valence-corrected chi connectivity index (χ3v) is 7.29. The summed E-state index contributed by atoms with van der Waals surface area (Å²) in [5.41, 5.74) is 2.91. The van der Waals surface area contributed by atoms with Crippen molar-refractivity contribution in [3.8, 4) is 10.4 Å². The predicted molar refractivity (Wildman–Crippen MR) is 114 cm³/mol. The molecule has 0 radical (unpaired) electrons. The van der Waals surface area contributed by atoms with Crippen molar-refractivity contribution in [2.24, 2.45) is 0 Å². The lowest BCUT2D eigenvalue weighted by Crippen LogP contribution is -2.13. The van der Waals surface area contributed by atoms with Crippen LogP contribution in [0.1, 0.15) is 5.56 Å². The fourth-order valence-electron chi connectivity index (χ4n) is 2.93. The van der Waals surface area contributed by atoms with Gasteiger partial charge in [0.25, 0.3) is 10.0 Å². The molecule has 0 amide bonds. The smallest absolute Gasteiger partial charge is 0.261 e. The summed E-state index contributed by atoms with van der Waals surface area (Å²) in [6.45, 7) is 2.00. The highest BCUT2D eigenvalue weighted by atomic mass is 35.5. The van der Waals surface area contributed by atoms with Crippen molar-refractivity contribution in [1.29, 1.82) is 0 Å². The minimum absolute atomic E-state index is 0.188. The third kappa shape index (κ3) is 3.34. The molecule has 138 valence electrons. The van der Waals surface area contributed by atoms with Crippen LogP contribution in [0.25, 0.3) is 21.3 Å². The Morgan fingerprint density at radius 1 is 1.07 bits per heavy atom. The van der Waals surface area contributed by atoms with Crippen LogP contribution in [0.3, 0.4) is 0 Å². The summed E-state index contributed by atoms with van der Waals surface area (Å²) in [5, 5.41) is 3.46. The number of anilines is 1. The lowest BCUT2D eigenvalue weighted by atomic mass is 10.1. The van der Waals surface area contributed by atoms with Gasteiger partial charge in [-0.3, -0.25) is 4.72 Å². The SMILES string of the molecule is Cc1ccsc1-c1cccc(S(=O)(=O)Nc2ccc(Cl)c3c(Cl)c[nH]c23)c1. The Kier molecular flexibility index (Phi) is 4.68. The lowest BCUT2D eigenvalue weighted by molar-refractivity contribution is 0.601. The van der Waals surface area contributed by atoms with Gasteiger partial charge in [-0.05, 0) is 53.8 Å². The molecule has 0 aliphatic rings. The van der Waals surface area contributed by atoms with Crippen molar-refractivity contribution >= 4 is 61.2 Å². The highest BCUT2D eigenvalue weighted by molar-refractivity contribution is 7.92. The van der Waals surface area contributed by atoms with E-state index in [1.165, 1.54) is 0 Å². The summed E-state index contributed by atoms with van der Waals surface area (Å²) in [5.74, 6) is 0. The van der Waals surface area contributed by atoms with Crippen molar-refractivity contribution in [1.82, 2.24) is 4.98 Å². The predicted octanol–water partition coefficient (Wildman–Crippen LogP) is 6.31. The number of aryl methyl sites for hydroxylation is 1. The molecule has 2 aromatic heterocycles. The van der Waals surface area contributed by atoms with Gasteiger partial charge in [0.2, 0.25) is 0 Å². The van der Waals surface area contributed by atoms with Gasteiger partial charge in [-0.15, -0.1) is 11.3 Å². The number of sulfonamides is 1. The molecule has 4 aromatic rings. The molecule has 0 saturated carbocycles. The summed E-state index contributed by atoms with van der Waals surface area (Å²) in [4.78, 5) is 4.21. The molecule has 0 spiro atoms. The van der Waals surface area contributed by atoms with E-state index < -0.39 is 10.0 Å². The third-order valence-electron chi connectivity index (χ3n) is 4.25. The van der Waals surface area contributed by atoms with Crippen LogP contribution < -0.4 is 4.72 Å². The van der Waals surface area contributed by atoms with E-state index in [-0.39, 0.29) is 4.90 Å². The largest absolute Gasteiger partial charge is 0.358 e. The molecular weight excluding hydrogens is 423 g/mol. The maximum atomic E-state index is 13.0. The van der Waals surface area contributed by atoms with E-state index >= 15 is 0 Å². The second-order valence-electron chi connectivity index (χ2n) is 6.05. The molecule has 27 heavy (non-hydrogen) atoms. The normalized spacial score (nSPS) is 11.8. The molecular formula is C19H14Cl2N2O2S2. The maximum absolute atomic E-state index is 13.0. The molecule has 0 atom stereocenters. The molecule has 4 rings (SSSR count). The topological polar surface area (TPSA) is 62.0 Å². The quantitative estimate of drug-likeness (QED) is 0.393. The molecule has 2 heterocycles. The number of thiophene rings is 1. The molecule has 0 bridgehead atoms. The Bertz CT molecular complexity index is 1260. The number of H-pyrrole nitrogens is 1. The molecule has 4 nitrogen and oxygen atoms in total. The van der Waals surface area contributed by atoms with Crippen LogP contribution in [0.2, 0.25) is 10.0 Å². The van der Waals surface area contributed by atoms with Gasteiger partial charge >= 0.3 is 0 Å². The van der Waals surface area contributed by atoms with Gasteiger partial charge in [0, 0.05) is 16.5 Å². The van der Waals surface area contributed by atoms with E-state index in [9.17, 15) is 8.42 Å². The van der Waals surface area contributed by atoms with E-state index in [1.807, 2.05) is 24.4 Å². The zero-order chi connectivity index (χ0) is 19.2. The van der Waals surface area contributed by atoms with Crippen LogP contribution in [0.4, 0.5) is 5.69 Å². The molecule has 2 N–H and O–H groups in total. The van der Waals surface area contributed by atoms with Crippen molar-refractivity contribution in [3.63, 3.8) is 0 Å². The lowest BCUT2D eigenvalue weighted by Gasteiger charge is -2.11. The highest BCUT2D eigenvalue weighted by Gasteiger charge is 2.19. The number of halogens is 2. The first-order valence-electron chi connectivity index (χ1n) is 7.99. The molecule has 2 aromatic carbocycles. The van der Waals surface area contributed by atoms with Gasteiger partial charge < -0.3 is 4.98 Å². The van der Waals surface area contributed by atoms with E-state index in [4.69, 9.17) is 23.2 Å². The van der Waals surface area contributed by atoms with E-state index in [2.05, 4.69) is 9.71 Å². The van der Waals surface area contributed by atoms with Crippen LogP contribution >= 0.6 is 34.5 Å². The fraction of sp³-hybridized carbons (Fsp3) is 0.0526. The molecule has 8 heteroatoms. The van der Waals surface area contributed by atoms with Crippen molar-refractivity contribution in [2.75, 3.05) is 4.72 Å². The van der Waals surface area contributed by atoms with E-state index in [1.54, 1.807) is 47.9 Å². The van der Waals surface area contributed by atoms with Gasteiger partial charge in [0.15, 0.2) is 0 Å². The molecule has 0 saturated heterocycles. The van der Waals surface area contributed by atoms with Crippen LogP contribution in [0.5, 0.6) is 0 Å². The number of fused-ring (bicyclic) bond motifs is 1. The minimum Gasteiger partial charge on any atom is -0.358 e. The Morgan fingerprint density at radius 3 is 2.63 bits per heavy atom. The first-order chi connectivity index (χ1) is 12.9. The Labute approximate surface area is 170 Å². The second kappa shape index (κ2) is 6.87. The Morgan fingerprint density at radius 2 is 1.89 bits per heavy atom. The molecule has 0 aliphatic carbocycles. The van der Waals surface area contributed by atoms with Gasteiger partial charge in [-0.25, -0.2) is 8.42 Å². The monoisotopic (exact) mass is 436 g/mol. The van der Waals surface area contributed by atoms with Crippen LogP contribution in [-0.2, 0) is 10.0 Å². The summed E-state index contributed by atoms with van der Waals surface area (Å²) in [7, 11) is -3.79. The average Bonchev–Trinajstić information content (AvgIpc) is 3.24. The fourth-order valence-corrected chi connectivity index (χ4v) is 5.53. The average molecular weight is 437 g/mol. The Balaban J connectivity index is 1.75. The number of aromatic nitrogens is 1. The maximum Gasteiger partial charge on any atom is 0.261 e. The second-order valence-corrected chi connectivity index (χ2v) is 9.46. The summed E-state index contributed by atoms with van der Waals surface area (Å²) >= 11 is 13.9. The number of benzene rings is 2. The first-order valence-corrected chi connectivity index (χ1v) is 11.1. The molecule has 0 unspecified atom stereocenters. The van der Waals surface area contributed by atoms with Crippen LogP contribution in [0, 0.1) is 6.92 Å². The van der Waals surface area contributed by atoms with Crippen LogP contribution in [-0.4, -0.2) is 13.4 Å². The van der Waals surface area contributed by atoms with Crippen molar-refractivity contribution < 1.29 is 8.42 Å². The number of nitrogens with one attached hydrogen (secondary N) is 2. The van der Waals surface area contributed by atoms with Gasteiger partial charge in [0.05, 0.1) is 26.1 Å². The number of hydrogen-bond donors (Lipinski definition) is 2. The molecule has 0 aliphatic heterocycles. The number of aromatic amines is 1. The minimum atomic E-state index is -3.79. The zero-order valence-electron chi connectivity index (χ0n) is 14.1. The number of rotatable bonds is 4. The van der Waals surface area contributed by atoms with E-state index in [0.717, 1.165) is 16.0 Å². The summed E-state index contributed by atoms with van der Waals surface area (Å²) < 4.78 is 28.5. The summed E-state index contributed by atoms with van der Waals surface area (Å²) in [6, 6.07) is 12.1. The molecule has 0 fully saturated rings. The van der Waals surface area contributed by atoms with Gasteiger partial charge in [-0.2, -0.15) is 0 Å². The van der Waals surface area contributed by atoms with Gasteiger partial charge in [-0.1, -0.05) is 35.3 Å². The van der Waals surface area contributed by atoms with Gasteiger partial charge in [0.1, 0.15) is 0 Å². The number of hydrogen-bond acceptors (Lipinski definition) is 3. The summed E-state index contributed by atoms with van der Waals surface area (Å²) in [6.07, 6.45) is 1.58. The van der Waals surface area contributed by atoms with E-state index in [0.29, 0.717) is 26.6 Å². The zero-order valence-corrected chi connectivity index (χ0v) is 17.2. The highest BCUT2D eigenvalue weighted by Crippen LogP contribution is 2.36. The van der Waals surface area contributed by atoms with Crippen molar-refractivity contribution in [3.05, 3.63) is 69.7 Å². The first kappa shape index (κ1) is 18.4.